The molecule has 0 radical (unpaired) electrons. The highest BCUT2D eigenvalue weighted by molar-refractivity contribution is 7.15. The highest BCUT2D eigenvalue weighted by Gasteiger charge is 2.20. The maximum Gasteiger partial charge on any atom is 0.193 e. The summed E-state index contributed by atoms with van der Waals surface area (Å²) < 4.78 is 7.93. The Kier molecular flexibility index (Phi) is 4.67. The number of hydrogen-bond acceptors (Lipinski definition) is 5. The maximum atomic E-state index is 5.83. The van der Waals surface area contributed by atoms with E-state index in [1.807, 2.05) is 0 Å². The minimum atomic E-state index is 0.420. The van der Waals surface area contributed by atoms with Crippen molar-refractivity contribution in [3.63, 3.8) is 0 Å². The molecular formula is C14H22N4OS. The smallest absolute Gasteiger partial charge is 0.193 e. The zero-order chi connectivity index (χ0) is 13.8. The van der Waals surface area contributed by atoms with Crippen LogP contribution in [0.1, 0.15) is 25.0 Å². The number of hydrogen-bond donors (Lipinski definition) is 1. The number of likely N-dealkylation sites (tertiary alicyclic amines) is 1. The average molecular weight is 294 g/mol. The molecule has 0 aliphatic carbocycles. The van der Waals surface area contributed by atoms with Crippen molar-refractivity contribution in [2.45, 2.75) is 31.9 Å². The Hall–Kier alpha value is -0.950. The van der Waals surface area contributed by atoms with Crippen LogP contribution in [0.3, 0.4) is 0 Å². The Balaban J connectivity index is 1.45. The summed E-state index contributed by atoms with van der Waals surface area (Å²) in [6.45, 7) is 4.66. The van der Waals surface area contributed by atoms with Crippen molar-refractivity contribution >= 4 is 16.3 Å². The Morgan fingerprint density at radius 1 is 1.40 bits per heavy atom. The van der Waals surface area contributed by atoms with Gasteiger partial charge in [0.1, 0.15) is 0 Å². The highest BCUT2D eigenvalue weighted by atomic mass is 32.1. The molecule has 20 heavy (non-hydrogen) atoms. The summed E-state index contributed by atoms with van der Waals surface area (Å²) in [5, 5.41) is 2.07. The molecule has 1 fully saturated rings. The summed E-state index contributed by atoms with van der Waals surface area (Å²) in [5.74, 6) is 0. The summed E-state index contributed by atoms with van der Waals surface area (Å²) in [6, 6.07) is 0. The van der Waals surface area contributed by atoms with Gasteiger partial charge in [0.25, 0.3) is 0 Å². The first-order chi connectivity index (χ1) is 9.85. The van der Waals surface area contributed by atoms with E-state index < -0.39 is 0 Å². The molecule has 0 saturated carbocycles. The van der Waals surface area contributed by atoms with E-state index in [2.05, 4.69) is 32.1 Å². The van der Waals surface area contributed by atoms with Gasteiger partial charge in [0.2, 0.25) is 0 Å². The SMILES string of the molecule is NCCCOC1CCN(Cc2cn3ccsc3n2)CC1. The fourth-order valence-electron chi connectivity index (χ4n) is 2.65. The number of fused-ring (bicyclic) bond motifs is 1. The number of ether oxygens (including phenoxy) is 1. The molecule has 2 N–H and O–H groups in total. The van der Waals surface area contributed by atoms with Gasteiger partial charge in [0, 0.05) is 44.0 Å². The van der Waals surface area contributed by atoms with Crippen LogP contribution >= 0.6 is 11.3 Å². The molecule has 110 valence electrons. The van der Waals surface area contributed by atoms with Gasteiger partial charge >= 0.3 is 0 Å². The molecule has 2 aromatic rings. The van der Waals surface area contributed by atoms with Gasteiger partial charge in [0.15, 0.2) is 4.96 Å². The van der Waals surface area contributed by atoms with Crippen LogP contribution in [0.25, 0.3) is 4.96 Å². The van der Waals surface area contributed by atoms with Crippen LogP contribution in [0.4, 0.5) is 0 Å². The number of aromatic nitrogens is 2. The van der Waals surface area contributed by atoms with Crippen molar-refractivity contribution < 1.29 is 4.74 Å². The van der Waals surface area contributed by atoms with Crippen molar-refractivity contribution in [2.24, 2.45) is 5.73 Å². The molecule has 1 saturated heterocycles. The monoisotopic (exact) mass is 294 g/mol. The summed E-state index contributed by atoms with van der Waals surface area (Å²) in [7, 11) is 0. The number of thiazole rings is 1. The summed E-state index contributed by atoms with van der Waals surface area (Å²) in [4.78, 5) is 8.19. The van der Waals surface area contributed by atoms with E-state index in [1.165, 1.54) is 5.69 Å². The minimum Gasteiger partial charge on any atom is -0.378 e. The van der Waals surface area contributed by atoms with Gasteiger partial charge in [-0.25, -0.2) is 4.98 Å². The number of nitrogens with two attached hydrogens (primary N) is 1. The summed E-state index contributed by atoms with van der Waals surface area (Å²) in [6.07, 6.45) is 7.82. The first kappa shape index (κ1) is 14.0. The van der Waals surface area contributed by atoms with Gasteiger partial charge < -0.3 is 10.5 Å². The zero-order valence-corrected chi connectivity index (χ0v) is 12.5. The van der Waals surface area contributed by atoms with Crippen LogP contribution < -0.4 is 5.73 Å². The van der Waals surface area contributed by atoms with Crippen LogP contribution in [0, 0.1) is 0 Å². The van der Waals surface area contributed by atoms with Gasteiger partial charge in [0.05, 0.1) is 11.8 Å². The van der Waals surface area contributed by atoms with E-state index in [0.29, 0.717) is 6.10 Å². The fraction of sp³-hybridized carbons (Fsp3) is 0.643. The standard InChI is InChI=1S/C14H22N4OS/c15-4-1-8-19-13-2-5-17(6-3-13)10-12-11-18-7-9-20-14(18)16-12/h7,9,11,13H,1-6,8,10,15H2. The van der Waals surface area contributed by atoms with E-state index in [9.17, 15) is 0 Å². The Labute approximate surface area is 123 Å². The van der Waals surface area contributed by atoms with Crippen molar-refractivity contribution in [3.05, 3.63) is 23.5 Å². The number of rotatable bonds is 6. The van der Waals surface area contributed by atoms with Crippen molar-refractivity contribution in [2.75, 3.05) is 26.2 Å². The lowest BCUT2D eigenvalue weighted by Crippen LogP contribution is -2.36. The second-order valence-electron chi connectivity index (χ2n) is 5.31. The van der Waals surface area contributed by atoms with Crippen LogP contribution in [-0.4, -0.2) is 46.6 Å². The van der Waals surface area contributed by atoms with Crippen LogP contribution in [-0.2, 0) is 11.3 Å². The van der Waals surface area contributed by atoms with Crippen molar-refractivity contribution in [3.8, 4) is 0 Å². The number of imidazole rings is 1. The second kappa shape index (κ2) is 6.67. The topological polar surface area (TPSA) is 55.8 Å². The summed E-state index contributed by atoms with van der Waals surface area (Å²) >= 11 is 1.68. The van der Waals surface area contributed by atoms with Gasteiger partial charge in [-0.05, 0) is 25.8 Å². The van der Waals surface area contributed by atoms with Crippen LogP contribution in [0.2, 0.25) is 0 Å². The molecule has 0 amide bonds. The molecule has 0 spiro atoms. The molecular weight excluding hydrogens is 272 g/mol. The third-order valence-electron chi connectivity index (χ3n) is 3.77. The molecule has 0 atom stereocenters. The lowest BCUT2D eigenvalue weighted by molar-refractivity contribution is 0.00543. The van der Waals surface area contributed by atoms with E-state index in [0.717, 1.165) is 57.0 Å². The van der Waals surface area contributed by atoms with Crippen molar-refractivity contribution in [1.82, 2.24) is 14.3 Å². The van der Waals surface area contributed by atoms with Crippen molar-refractivity contribution in [1.29, 1.82) is 0 Å². The average Bonchev–Trinajstić information content (AvgIpc) is 3.02. The lowest BCUT2D eigenvalue weighted by atomic mass is 10.1. The summed E-state index contributed by atoms with van der Waals surface area (Å²) in [5.41, 5.74) is 6.64. The molecule has 2 aromatic heterocycles. The normalized spacial score (nSPS) is 18.1. The van der Waals surface area contributed by atoms with E-state index >= 15 is 0 Å². The first-order valence-electron chi connectivity index (χ1n) is 7.30. The van der Waals surface area contributed by atoms with E-state index in [4.69, 9.17) is 10.5 Å². The van der Waals surface area contributed by atoms with Gasteiger partial charge in [-0.15, -0.1) is 11.3 Å². The molecule has 1 aliphatic rings. The number of nitrogens with zero attached hydrogens (tertiary/aromatic N) is 3. The molecule has 3 heterocycles. The Morgan fingerprint density at radius 2 is 2.25 bits per heavy atom. The quantitative estimate of drug-likeness (QED) is 0.824. The fourth-order valence-corrected chi connectivity index (χ4v) is 3.37. The van der Waals surface area contributed by atoms with E-state index in [1.54, 1.807) is 11.3 Å². The third-order valence-corrected chi connectivity index (χ3v) is 4.54. The number of piperidine rings is 1. The second-order valence-corrected chi connectivity index (χ2v) is 6.19. The minimum absolute atomic E-state index is 0.420. The third kappa shape index (κ3) is 3.38. The predicted molar refractivity (Wildman–Crippen MR) is 81.0 cm³/mol. The van der Waals surface area contributed by atoms with E-state index in [-0.39, 0.29) is 0 Å². The molecule has 0 unspecified atom stereocenters. The van der Waals surface area contributed by atoms with Gasteiger partial charge in [-0.1, -0.05) is 0 Å². The Morgan fingerprint density at radius 3 is 3.00 bits per heavy atom. The molecule has 6 heteroatoms. The maximum absolute atomic E-state index is 5.83. The predicted octanol–water partition coefficient (Wildman–Crippen LogP) is 1.73. The molecule has 0 aromatic carbocycles. The Bertz CT molecular complexity index is 501. The zero-order valence-electron chi connectivity index (χ0n) is 11.7. The molecule has 0 bridgehead atoms. The lowest BCUT2D eigenvalue weighted by Gasteiger charge is -2.31. The van der Waals surface area contributed by atoms with Gasteiger partial charge in [-0.2, -0.15) is 0 Å². The highest BCUT2D eigenvalue weighted by Crippen LogP contribution is 2.17. The molecule has 5 nitrogen and oxygen atoms in total. The molecule has 1 aliphatic heterocycles. The first-order valence-corrected chi connectivity index (χ1v) is 8.18. The van der Waals surface area contributed by atoms with Crippen LogP contribution in [0.5, 0.6) is 0 Å². The molecule has 3 rings (SSSR count). The largest absolute Gasteiger partial charge is 0.378 e. The van der Waals surface area contributed by atoms with Crippen LogP contribution in [0.15, 0.2) is 17.8 Å². The van der Waals surface area contributed by atoms with Gasteiger partial charge in [-0.3, -0.25) is 9.30 Å².